The fraction of sp³-hybridized carbons (Fsp3) is 0.500. The van der Waals surface area contributed by atoms with Gasteiger partial charge in [0.1, 0.15) is 5.75 Å². The summed E-state index contributed by atoms with van der Waals surface area (Å²) in [4.78, 5) is 14.6. The van der Waals surface area contributed by atoms with Crippen LogP contribution in [0.15, 0.2) is 40.9 Å². The van der Waals surface area contributed by atoms with Gasteiger partial charge >= 0.3 is 0 Å². The van der Waals surface area contributed by atoms with Crippen molar-refractivity contribution in [1.82, 2.24) is 4.90 Å². The summed E-state index contributed by atoms with van der Waals surface area (Å²) in [5.74, 6) is 2.04. The smallest absolute Gasteiger partial charge is 0.163 e. The van der Waals surface area contributed by atoms with Crippen LogP contribution < -0.4 is 4.74 Å². The van der Waals surface area contributed by atoms with Crippen LogP contribution in [-0.4, -0.2) is 36.9 Å². The van der Waals surface area contributed by atoms with Gasteiger partial charge in [0, 0.05) is 18.5 Å². The summed E-state index contributed by atoms with van der Waals surface area (Å²) in [7, 11) is 0. The van der Waals surface area contributed by atoms with E-state index >= 15 is 0 Å². The van der Waals surface area contributed by atoms with Gasteiger partial charge in [0.2, 0.25) is 0 Å². The summed E-state index contributed by atoms with van der Waals surface area (Å²) in [6.07, 6.45) is 7.32. The number of aryl methyl sites for hydroxylation is 1. The molecular weight excluding hydrogens is 438 g/mol. The summed E-state index contributed by atoms with van der Waals surface area (Å²) < 4.78 is 6.91. The number of rotatable bonds is 8. The van der Waals surface area contributed by atoms with Crippen LogP contribution in [0, 0.1) is 5.92 Å². The summed E-state index contributed by atoms with van der Waals surface area (Å²) in [5.41, 5.74) is 4.90. The average molecular weight is 470 g/mol. The second-order valence-corrected chi connectivity index (χ2v) is 9.62. The molecule has 1 fully saturated rings. The first-order valence-electron chi connectivity index (χ1n) is 11.4. The Balaban J connectivity index is 1.24. The molecule has 0 aromatic heterocycles. The summed E-state index contributed by atoms with van der Waals surface area (Å²) >= 11 is 3.60. The quantitative estimate of drug-likeness (QED) is 0.484. The number of ether oxygens (including phenoxy) is 1. The van der Waals surface area contributed by atoms with Crippen molar-refractivity contribution in [1.29, 1.82) is 0 Å². The topological polar surface area (TPSA) is 29.5 Å². The van der Waals surface area contributed by atoms with Gasteiger partial charge in [-0.2, -0.15) is 0 Å². The van der Waals surface area contributed by atoms with Crippen molar-refractivity contribution in [3.63, 3.8) is 0 Å². The normalized spacial score (nSPS) is 17.3. The van der Waals surface area contributed by atoms with E-state index in [1.807, 2.05) is 0 Å². The first-order valence-corrected chi connectivity index (χ1v) is 12.2. The number of hydrogen-bond acceptors (Lipinski definition) is 3. The minimum absolute atomic E-state index is 0.323. The van der Waals surface area contributed by atoms with E-state index in [0.717, 1.165) is 60.5 Å². The van der Waals surface area contributed by atoms with Crippen LogP contribution in [0.3, 0.4) is 0 Å². The van der Waals surface area contributed by atoms with Crippen LogP contribution >= 0.6 is 15.9 Å². The van der Waals surface area contributed by atoms with Gasteiger partial charge in [0.15, 0.2) is 5.78 Å². The predicted octanol–water partition coefficient (Wildman–Crippen LogP) is 5.86. The molecule has 1 heterocycles. The highest BCUT2D eigenvalue weighted by Crippen LogP contribution is 2.29. The molecule has 0 unspecified atom stereocenters. The highest BCUT2D eigenvalue weighted by molar-refractivity contribution is 9.10. The SMILES string of the molecule is CCCOc1cc(CC2CCN(CCc3ccc4c(c3)C(=O)CC4)CC2)ccc1Br. The van der Waals surface area contributed by atoms with Gasteiger partial charge in [-0.25, -0.2) is 0 Å². The number of piperidine rings is 1. The van der Waals surface area contributed by atoms with E-state index < -0.39 is 0 Å². The molecule has 1 saturated heterocycles. The lowest BCUT2D eigenvalue weighted by atomic mass is 9.90. The zero-order valence-corrected chi connectivity index (χ0v) is 19.5. The monoisotopic (exact) mass is 469 g/mol. The molecule has 1 aliphatic carbocycles. The Bertz CT molecular complexity index is 887. The molecule has 2 aliphatic rings. The lowest BCUT2D eigenvalue weighted by Gasteiger charge is -2.32. The largest absolute Gasteiger partial charge is 0.492 e. The number of hydrogen-bond donors (Lipinski definition) is 0. The van der Waals surface area contributed by atoms with Crippen molar-refractivity contribution in [2.75, 3.05) is 26.2 Å². The van der Waals surface area contributed by atoms with Crippen LogP contribution in [0.1, 0.15) is 59.7 Å². The van der Waals surface area contributed by atoms with Crippen molar-refractivity contribution < 1.29 is 9.53 Å². The van der Waals surface area contributed by atoms with Crippen LogP contribution in [-0.2, 0) is 19.3 Å². The highest BCUT2D eigenvalue weighted by atomic mass is 79.9. The molecule has 30 heavy (non-hydrogen) atoms. The molecule has 0 spiro atoms. The van der Waals surface area contributed by atoms with E-state index in [1.165, 1.54) is 42.6 Å². The van der Waals surface area contributed by atoms with Crippen LogP contribution in [0.25, 0.3) is 0 Å². The maximum Gasteiger partial charge on any atom is 0.163 e. The molecule has 4 heteroatoms. The van der Waals surface area contributed by atoms with Crippen molar-refractivity contribution in [3.05, 3.63) is 63.1 Å². The van der Waals surface area contributed by atoms with E-state index in [4.69, 9.17) is 4.74 Å². The number of Topliss-reactive ketones (excluding diaryl/α,β-unsaturated/α-hetero) is 1. The molecule has 4 rings (SSSR count). The Labute approximate surface area is 188 Å². The molecule has 2 aromatic rings. The van der Waals surface area contributed by atoms with Crippen molar-refractivity contribution in [3.8, 4) is 5.75 Å². The molecular formula is C26H32BrNO2. The fourth-order valence-corrected chi connectivity index (χ4v) is 5.03. The van der Waals surface area contributed by atoms with E-state index in [0.29, 0.717) is 12.2 Å². The molecule has 3 nitrogen and oxygen atoms in total. The van der Waals surface area contributed by atoms with E-state index in [-0.39, 0.29) is 0 Å². The van der Waals surface area contributed by atoms with Gasteiger partial charge in [-0.1, -0.05) is 25.1 Å². The molecule has 0 radical (unpaired) electrons. The molecule has 1 aliphatic heterocycles. The number of ketones is 1. The molecule has 0 atom stereocenters. The van der Waals surface area contributed by atoms with Crippen molar-refractivity contribution >= 4 is 21.7 Å². The number of benzene rings is 2. The van der Waals surface area contributed by atoms with E-state index in [2.05, 4.69) is 64.2 Å². The molecule has 2 aromatic carbocycles. The molecule has 0 N–H and O–H groups in total. The molecule has 0 bridgehead atoms. The van der Waals surface area contributed by atoms with E-state index in [9.17, 15) is 4.79 Å². The minimum atomic E-state index is 0.323. The van der Waals surface area contributed by atoms with Crippen LogP contribution in [0.5, 0.6) is 5.75 Å². The second kappa shape index (κ2) is 10.1. The van der Waals surface area contributed by atoms with Gasteiger partial charge in [0.05, 0.1) is 11.1 Å². The Kier molecular flexibility index (Phi) is 7.27. The molecule has 0 saturated carbocycles. The third-order valence-electron chi connectivity index (χ3n) is 6.50. The third-order valence-corrected chi connectivity index (χ3v) is 7.16. The Hall–Kier alpha value is -1.65. The number of halogens is 1. The number of carbonyl (C=O) groups excluding carboxylic acids is 1. The van der Waals surface area contributed by atoms with Gasteiger partial charge < -0.3 is 9.64 Å². The Morgan fingerprint density at radius 3 is 2.67 bits per heavy atom. The van der Waals surface area contributed by atoms with Crippen molar-refractivity contribution in [2.45, 2.75) is 51.9 Å². The Morgan fingerprint density at radius 2 is 1.87 bits per heavy atom. The van der Waals surface area contributed by atoms with Gasteiger partial charge in [-0.3, -0.25) is 4.79 Å². The van der Waals surface area contributed by atoms with Gasteiger partial charge in [-0.05, 0) is 108 Å². The maximum atomic E-state index is 12.0. The fourth-order valence-electron chi connectivity index (χ4n) is 4.67. The first-order chi connectivity index (χ1) is 14.6. The second-order valence-electron chi connectivity index (χ2n) is 8.77. The lowest BCUT2D eigenvalue weighted by molar-refractivity contribution is 0.0994. The van der Waals surface area contributed by atoms with Crippen LogP contribution in [0.4, 0.5) is 0 Å². The molecule has 160 valence electrons. The average Bonchev–Trinajstić information content (AvgIpc) is 3.14. The number of nitrogens with zero attached hydrogens (tertiary/aromatic N) is 1. The van der Waals surface area contributed by atoms with Gasteiger partial charge in [0.25, 0.3) is 0 Å². The number of likely N-dealkylation sites (tertiary alicyclic amines) is 1. The minimum Gasteiger partial charge on any atom is -0.492 e. The summed E-state index contributed by atoms with van der Waals surface area (Å²) in [6.45, 7) is 6.33. The van der Waals surface area contributed by atoms with Gasteiger partial charge in [-0.15, -0.1) is 0 Å². The zero-order chi connectivity index (χ0) is 20.9. The zero-order valence-electron chi connectivity index (χ0n) is 18.0. The van der Waals surface area contributed by atoms with Crippen molar-refractivity contribution in [2.24, 2.45) is 5.92 Å². The number of carbonyl (C=O) groups is 1. The molecule has 0 amide bonds. The standard InChI is InChI=1S/C26H32BrNO2/c1-2-15-30-26-18-21(4-7-24(26)27)16-20-10-13-28(14-11-20)12-9-19-3-5-22-6-8-25(29)23(22)17-19/h3-5,7,17-18,20H,2,6,8-16H2,1H3. The van der Waals surface area contributed by atoms with E-state index in [1.54, 1.807) is 0 Å². The summed E-state index contributed by atoms with van der Waals surface area (Å²) in [6, 6.07) is 13.1. The first kappa shape index (κ1) is 21.6. The maximum absolute atomic E-state index is 12.0. The Morgan fingerprint density at radius 1 is 1.07 bits per heavy atom. The predicted molar refractivity (Wildman–Crippen MR) is 126 cm³/mol. The van der Waals surface area contributed by atoms with Crippen LogP contribution in [0.2, 0.25) is 0 Å². The highest BCUT2D eigenvalue weighted by Gasteiger charge is 2.21. The lowest BCUT2D eigenvalue weighted by Crippen LogP contribution is -2.35. The third kappa shape index (κ3) is 5.33. The number of fused-ring (bicyclic) bond motifs is 1. The summed E-state index contributed by atoms with van der Waals surface area (Å²) in [5, 5.41) is 0.